The SMILES string of the molecule is CC(=O)c1ccc(Nc2ccc(NC(=O)Cc3c[nH]c4ccccc34)nn2)cc1. The van der Waals surface area contributed by atoms with E-state index in [1.807, 2.05) is 30.5 Å². The minimum atomic E-state index is -0.162. The summed E-state index contributed by atoms with van der Waals surface area (Å²) in [5.74, 6) is 0.774. The van der Waals surface area contributed by atoms with Gasteiger partial charge < -0.3 is 15.6 Å². The van der Waals surface area contributed by atoms with E-state index in [0.29, 0.717) is 17.2 Å². The Hall–Kier alpha value is -4.00. The van der Waals surface area contributed by atoms with Crippen LogP contribution in [0.4, 0.5) is 17.3 Å². The van der Waals surface area contributed by atoms with Crippen LogP contribution < -0.4 is 10.6 Å². The van der Waals surface area contributed by atoms with Crippen LogP contribution in [0.5, 0.6) is 0 Å². The monoisotopic (exact) mass is 385 g/mol. The number of nitrogens with zero attached hydrogens (tertiary/aromatic N) is 2. The van der Waals surface area contributed by atoms with E-state index in [2.05, 4.69) is 25.8 Å². The predicted octanol–water partition coefficient (Wildman–Crippen LogP) is 4.09. The number of Topliss-reactive ketones (excluding diaryl/α,β-unsaturated/α-hetero) is 1. The molecule has 7 nitrogen and oxygen atoms in total. The molecule has 7 heteroatoms. The van der Waals surface area contributed by atoms with Gasteiger partial charge >= 0.3 is 0 Å². The maximum Gasteiger partial charge on any atom is 0.230 e. The summed E-state index contributed by atoms with van der Waals surface area (Å²) in [4.78, 5) is 26.8. The van der Waals surface area contributed by atoms with Crippen LogP contribution in [0, 0.1) is 0 Å². The van der Waals surface area contributed by atoms with E-state index in [1.165, 1.54) is 6.92 Å². The predicted molar refractivity (Wildman–Crippen MR) is 112 cm³/mol. The van der Waals surface area contributed by atoms with Crippen molar-refractivity contribution in [2.24, 2.45) is 0 Å². The van der Waals surface area contributed by atoms with Gasteiger partial charge in [0.05, 0.1) is 6.42 Å². The summed E-state index contributed by atoms with van der Waals surface area (Å²) in [6, 6.07) is 18.4. The maximum absolute atomic E-state index is 12.4. The summed E-state index contributed by atoms with van der Waals surface area (Å²) in [5.41, 5.74) is 3.37. The largest absolute Gasteiger partial charge is 0.361 e. The third kappa shape index (κ3) is 4.30. The number of hydrogen-bond donors (Lipinski definition) is 3. The fraction of sp³-hybridized carbons (Fsp3) is 0.0909. The zero-order valence-corrected chi connectivity index (χ0v) is 15.8. The van der Waals surface area contributed by atoms with Crippen LogP contribution in [0.15, 0.2) is 66.9 Å². The van der Waals surface area contributed by atoms with Gasteiger partial charge in [-0.25, -0.2) is 0 Å². The Morgan fingerprint density at radius 3 is 2.38 bits per heavy atom. The van der Waals surface area contributed by atoms with Crippen molar-refractivity contribution in [2.75, 3.05) is 10.6 Å². The third-order valence-electron chi connectivity index (χ3n) is 4.52. The molecule has 0 fully saturated rings. The number of hydrogen-bond acceptors (Lipinski definition) is 5. The van der Waals surface area contributed by atoms with E-state index in [0.717, 1.165) is 22.2 Å². The number of anilines is 3. The fourth-order valence-electron chi connectivity index (χ4n) is 3.04. The second kappa shape index (κ2) is 7.93. The number of amides is 1. The first-order valence-corrected chi connectivity index (χ1v) is 9.15. The molecule has 0 spiro atoms. The van der Waals surface area contributed by atoms with Gasteiger partial charge in [0.2, 0.25) is 5.91 Å². The van der Waals surface area contributed by atoms with Crippen LogP contribution in [0.3, 0.4) is 0 Å². The highest BCUT2D eigenvalue weighted by molar-refractivity contribution is 5.95. The number of benzene rings is 2. The van der Waals surface area contributed by atoms with Crippen LogP contribution >= 0.6 is 0 Å². The van der Waals surface area contributed by atoms with Crippen molar-refractivity contribution in [3.05, 3.63) is 78.0 Å². The molecule has 1 amide bonds. The molecule has 0 aliphatic rings. The molecule has 0 bridgehead atoms. The van der Waals surface area contributed by atoms with Gasteiger partial charge in [0, 0.05) is 28.4 Å². The lowest BCUT2D eigenvalue weighted by atomic mass is 10.1. The Bertz CT molecular complexity index is 1160. The quantitative estimate of drug-likeness (QED) is 0.434. The van der Waals surface area contributed by atoms with Crippen LogP contribution in [0.1, 0.15) is 22.8 Å². The van der Waals surface area contributed by atoms with Crippen molar-refractivity contribution in [3.8, 4) is 0 Å². The molecule has 29 heavy (non-hydrogen) atoms. The van der Waals surface area contributed by atoms with Crippen molar-refractivity contribution < 1.29 is 9.59 Å². The van der Waals surface area contributed by atoms with Gasteiger partial charge in [-0.3, -0.25) is 9.59 Å². The first-order valence-electron chi connectivity index (χ1n) is 9.15. The molecule has 0 unspecified atom stereocenters. The van der Waals surface area contributed by atoms with E-state index >= 15 is 0 Å². The highest BCUT2D eigenvalue weighted by Gasteiger charge is 2.10. The van der Waals surface area contributed by atoms with Crippen molar-refractivity contribution in [3.63, 3.8) is 0 Å². The molecule has 0 saturated carbocycles. The molecule has 3 N–H and O–H groups in total. The molecule has 2 heterocycles. The first-order chi connectivity index (χ1) is 14.1. The molecule has 0 radical (unpaired) electrons. The normalized spacial score (nSPS) is 10.7. The molecule has 4 rings (SSSR count). The van der Waals surface area contributed by atoms with Gasteiger partial charge in [-0.05, 0) is 55.0 Å². The van der Waals surface area contributed by atoms with Crippen molar-refractivity contribution in [1.29, 1.82) is 0 Å². The molecule has 2 aromatic heterocycles. The number of carbonyl (C=O) groups excluding carboxylic acids is 2. The summed E-state index contributed by atoms with van der Waals surface area (Å²) >= 11 is 0. The van der Waals surface area contributed by atoms with E-state index in [-0.39, 0.29) is 18.1 Å². The molecule has 0 saturated heterocycles. The number of aromatic nitrogens is 3. The summed E-state index contributed by atoms with van der Waals surface area (Å²) < 4.78 is 0. The van der Waals surface area contributed by atoms with Crippen molar-refractivity contribution in [2.45, 2.75) is 13.3 Å². The van der Waals surface area contributed by atoms with Crippen LogP contribution in [0.25, 0.3) is 10.9 Å². The Morgan fingerprint density at radius 2 is 1.66 bits per heavy atom. The molecule has 0 aliphatic carbocycles. The lowest BCUT2D eigenvalue weighted by Gasteiger charge is -2.07. The smallest absolute Gasteiger partial charge is 0.230 e. The molecule has 144 valence electrons. The average molecular weight is 385 g/mol. The maximum atomic E-state index is 12.4. The van der Waals surface area contributed by atoms with Gasteiger partial charge in [0.15, 0.2) is 17.4 Å². The summed E-state index contributed by atoms with van der Waals surface area (Å²) in [7, 11) is 0. The highest BCUT2D eigenvalue weighted by Crippen LogP contribution is 2.19. The average Bonchev–Trinajstić information content (AvgIpc) is 3.13. The second-order valence-corrected chi connectivity index (χ2v) is 6.65. The number of carbonyl (C=O) groups is 2. The Morgan fingerprint density at radius 1 is 0.931 bits per heavy atom. The van der Waals surface area contributed by atoms with Crippen molar-refractivity contribution in [1.82, 2.24) is 15.2 Å². The first kappa shape index (κ1) is 18.4. The topological polar surface area (TPSA) is 99.8 Å². The van der Waals surface area contributed by atoms with E-state index < -0.39 is 0 Å². The minimum absolute atomic E-state index is 0.0177. The molecule has 2 aromatic carbocycles. The summed E-state index contributed by atoms with van der Waals surface area (Å²) in [6.45, 7) is 1.53. The van der Waals surface area contributed by atoms with E-state index in [1.54, 1.807) is 36.4 Å². The summed E-state index contributed by atoms with van der Waals surface area (Å²) in [5, 5.41) is 15.0. The number of aromatic amines is 1. The fourth-order valence-corrected chi connectivity index (χ4v) is 3.04. The van der Waals surface area contributed by atoms with Crippen LogP contribution in [0.2, 0.25) is 0 Å². The highest BCUT2D eigenvalue weighted by atomic mass is 16.1. The molecular weight excluding hydrogens is 366 g/mol. The Kier molecular flexibility index (Phi) is 5.03. The number of rotatable bonds is 6. The number of para-hydroxylation sites is 1. The number of ketones is 1. The van der Waals surface area contributed by atoms with E-state index in [9.17, 15) is 9.59 Å². The molecular formula is C22H19N5O2. The molecule has 0 aliphatic heterocycles. The van der Waals surface area contributed by atoms with Gasteiger partial charge in [0.25, 0.3) is 0 Å². The Labute approximate surface area is 167 Å². The van der Waals surface area contributed by atoms with Gasteiger partial charge in [-0.15, -0.1) is 10.2 Å². The standard InChI is InChI=1S/C22H19N5O2/c1-14(28)15-6-8-17(9-7-15)24-20-10-11-21(27-26-20)25-22(29)12-16-13-23-19-5-3-2-4-18(16)19/h2-11,13,23H,12H2,1H3,(H,24,26)(H,25,27,29). The zero-order chi connectivity index (χ0) is 20.2. The third-order valence-corrected chi connectivity index (χ3v) is 4.52. The lowest BCUT2D eigenvalue weighted by Crippen LogP contribution is -2.15. The number of nitrogens with one attached hydrogen (secondary N) is 3. The number of fused-ring (bicyclic) bond motifs is 1. The van der Waals surface area contributed by atoms with Crippen LogP contribution in [-0.2, 0) is 11.2 Å². The van der Waals surface area contributed by atoms with Gasteiger partial charge in [0.1, 0.15) is 0 Å². The van der Waals surface area contributed by atoms with Gasteiger partial charge in [-0.1, -0.05) is 18.2 Å². The molecule has 0 atom stereocenters. The lowest BCUT2D eigenvalue weighted by molar-refractivity contribution is -0.115. The zero-order valence-electron chi connectivity index (χ0n) is 15.8. The Balaban J connectivity index is 1.37. The van der Waals surface area contributed by atoms with Gasteiger partial charge in [-0.2, -0.15) is 0 Å². The summed E-state index contributed by atoms with van der Waals surface area (Å²) in [6.07, 6.45) is 2.09. The molecule has 4 aromatic rings. The minimum Gasteiger partial charge on any atom is -0.361 e. The van der Waals surface area contributed by atoms with E-state index in [4.69, 9.17) is 0 Å². The van der Waals surface area contributed by atoms with Crippen LogP contribution in [-0.4, -0.2) is 26.9 Å². The second-order valence-electron chi connectivity index (χ2n) is 6.65. The number of H-pyrrole nitrogens is 1. The van der Waals surface area contributed by atoms with Crippen molar-refractivity contribution >= 4 is 39.9 Å².